The average molecular weight is 358 g/mol. The molecule has 1 amide bonds. The molecule has 0 atom stereocenters. The molecule has 1 heterocycles. The quantitative estimate of drug-likeness (QED) is 0.620. The number of hydrogen-bond donors (Lipinski definition) is 1. The number of rotatable bonds is 6. The van der Waals surface area contributed by atoms with Crippen LogP contribution in [0.4, 0.5) is 27.5 Å². The van der Waals surface area contributed by atoms with Gasteiger partial charge in [0.1, 0.15) is 6.61 Å². The number of nitro benzene ring substituents is 2. The molecule has 0 radical (unpaired) electrons. The Hall–Kier alpha value is -3.69. The maximum absolute atomic E-state index is 11.8. The molecular weight excluding hydrogens is 344 g/mol. The highest BCUT2D eigenvalue weighted by molar-refractivity contribution is 5.94. The van der Waals surface area contributed by atoms with E-state index < -0.39 is 15.9 Å². The van der Waals surface area contributed by atoms with Gasteiger partial charge in [0, 0.05) is 30.3 Å². The maximum atomic E-state index is 11.8. The molecule has 1 aliphatic heterocycles. The van der Waals surface area contributed by atoms with E-state index in [1.807, 2.05) is 0 Å². The minimum atomic E-state index is -0.598. The smallest absolute Gasteiger partial charge is 0.414 e. The monoisotopic (exact) mass is 358 g/mol. The van der Waals surface area contributed by atoms with Crippen molar-refractivity contribution in [1.82, 2.24) is 0 Å². The van der Waals surface area contributed by atoms with E-state index in [4.69, 9.17) is 4.74 Å². The number of hydrogen-bond acceptors (Lipinski definition) is 7. The van der Waals surface area contributed by atoms with Gasteiger partial charge in [0.15, 0.2) is 0 Å². The molecule has 1 fully saturated rings. The Morgan fingerprint density at radius 2 is 1.88 bits per heavy atom. The second-order valence-electron chi connectivity index (χ2n) is 5.46. The highest BCUT2D eigenvalue weighted by atomic mass is 16.6. The lowest BCUT2D eigenvalue weighted by molar-refractivity contribution is -0.385. The SMILES string of the molecule is O=C1OCCN1c1cc([N+](=O)[O-])ccc1NCc1ccccc1[N+](=O)[O-]. The lowest BCUT2D eigenvalue weighted by atomic mass is 10.1. The van der Waals surface area contributed by atoms with E-state index in [9.17, 15) is 25.0 Å². The molecule has 2 aromatic carbocycles. The van der Waals surface area contributed by atoms with Crippen molar-refractivity contribution >= 4 is 28.8 Å². The molecule has 0 aromatic heterocycles. The van der Waals surface area contributed by atoms with Gasteiger partial charge in [-0.15, -0.1) is 0 Å². The van der Waals surface area contributed by atoms with Gasteiger partial charge in [-0.2, -0.15) is 0 Å². The summed E-state index contributed by atoms with van der Waals surface area (Å²) in [6.45, 7) is 0.566. The summed E-state index contributed by atoms with van der Waals surface area (Å²) < 4.78 is 4.89. The van der Waals surface area contributed by atoms with Gasteiger partial charge in [-0.05, 0) is 6.07 Å². The summed E-state index contributed by atoms with van der Waals surface area (Å²) in [5, 5.41) is 25.2. The van der Waals surface area contributed by atoms with Crippen LogP contribution in [0.15, 0.2) is 42.5 Å². The Balaban J connectivity index is 1.91. The van der Waals surface area contributed by atoms with Crippen LogP contribution in [-0.2, 0) is 11.3 Å². The number of benzene rings is 2. The van der Waals surface area contributed by atoms with E-state index in [-0.39, 0.29) is 31.1 Å². The number of carbonyl (C=O) groups is 1. The maximum Gasteiger partial charge on any atom is 0.414 e. The van der Waals surface area contributed by atoms with Gasteiger partial charge in [0.25, 0.3) is 11.4 Å². The molecule has 0 aliphatic carbocycles. The molecule has 134 valence electrons. The van der Waals surface area contributed by atoms with E-state index >= 15 is 0 Å². The summed E-state index contributed by atoms with van der Waals surface area (Å²) in [6.07, 6.45) is -0.598. The van der Waals surface area contributed by atoms with E-state index in [1.165, 1.54) is 29.2 Å². The first-order valence-electron chi connectivity index (χ1n) is 7.66. The number of non-ortho nitro benzene ring substituents is 1. The molecule has 0 bridgehead atoms. The third kappa shape index (κ3) is 3.38. The van der Waals surface area contributed by atoms with Crippen LogP contribution in [-0.4, -0.2) is 29.1 Å². The Labute approximate surface area is 147 Å². The van der Waals surface area contributed by atoms with Crippen LogP contribution in [0.5, 0.6) is 0 Å². The zero-order chi connectivity index (χ0) is 18.7. The van der Waals surface area contributed by atoms with Crippen molar-refractivity contribution < 1.29 is 19.4 Å². The normalized spacial score (nSPS) is 13.4. The summed E-state index contributed by atoms with van der Waals surface area (Å²) in [7, 11) is 0. The molecule has 1 aliphatic rings. The van der Waals surface area contributed by atoms with Crippen molar-refractivity contribution in [3.63, 3.8) is 0 Å². The molecule has 1 N–H and O–H groups in total. The molecule has 10 heteroatoms. The number of nitrogens with one attached hydrogen (secondary N) is 1. The van der Waals surface area contributed by atoms with Crippen LogP contribution < -0.4 is 10.2 Å². The topological polar surface area (TPSA) is 128 Å². The number of amides is 1. The van der Waals surface area contributed by atoms with E-state index in [1.54, 1.807) is 18.2 Å². The first-order valence-corrected chi connectivity index (χ1v) is 7.66. The van der Waals surface area contributed by atoms with Gasteiger partial charge >= 0.3 is 6.09 Å². The Bertz CT molecular complexity index is 885. The van der Waals surface area contributed by atoms with Crippen LogP contribution in [0.3, 0.4) is 0 Å². The van der Waals surface area contributed by atoms with Crippen molar-refractivity contribution in [2.75, 3.05) is 23.4 Å². The van der Waals surface area contributed by atoms with Crippen molar-refractivity contribution in [2.45, 2.75) is 6.54 Å². The van der Waals surface area contributed by atoms with Crippen molar-refractivity contribution in [3.8, 4) is 0 Å². The highest BCUT2D eigenvalue weighted by Gasteiger charge is 2.27. The molecule has 2 aromatic rings. The Morgan fingerprint density at radius 3 is 2.54 bits per heavy atom. The molecule has 0 unspecified atom stereocenters. The van der Waals surface area contributed by atoms with Crippen LogP contribution in [0, 0.1) is 20.2 Å². The zero-order valence-electron chi connectivity index (χ0n) is 13.5. The third-order valence-corrected chi connectivity index (χ3v) is 3.90. The average Bonchev–Trinajstić information content (AvgIpc) is 3.05. The number of ether oxygens (including phenoxy) is 1. The first-order chi connectivity index (χ1) is 12.5. The Kier molecular flexibility index (Phi) is 4.65. The summed E-state index contributed by atoms with van der Waals surface area (Å²) in [5.41, 5.74) is 0.971. The fraction of sp³-hybridized carbons (Fsp3) is 0.188. The third-order valence-electron chi connectivity index (χ3n) is 3.90. The van der Waals surface area contributed by atoms with Gasteiger partial charge in [0.2, 0.25) is 0 Å². The van der Waals surface area contributed by atoms with Crippen molar-refractivity contribution in [1.29, 1.82) is 0 Å². The summed E-state index contributed by atoms with van der Waals surface area (Å²) in [6, 6.07) is 10.3. The number of anilines is 2. The molecule has 0 spiro atoms. The number of carbonyl (C=O) groups excluding carboxylic acids is 1. The fourth-order valence-corrected chi connectivity index (χ4v) is 2.65. The second-order valence-corrected chi connectivity index (χ2v) is 5.46. The van der Waals surface area contributed by atoms with Crippen LogP contribution in [0.1, 0.15) is 5.56 Å². The number of nitrogens with zero attached hydrogens (tertiary/aromatic N) is 3. The summed E-state index contributed by atoms with van der Waals surface area (Å²) >= 11 is 0. The summed E-state index contributed by atoms with van der Waals surface area (Å²) in [5.74, 6) is 0. The largest absolute Gasteiger partial charge is 0.447 e. The lowest BCUT2D eigenvalue weighted by Crippen LogP contribution is -2.24. The fourth-order valence-electron chi connectivity index (χ4n) is 2.65. The highest BCUT2D eigenvalue weighted by Crippen LogP contribution is 2.33. The van der Waals surface area contributed by atoms with Gasteiger partial charge in [-0.25, -0.2) is 4.79 Å². The van der Waals surface area contributed by atoms with Gasteiger partial charge in [0.05, 0.1) is 27.8 Å². The van der Waals surface area contributed by atoms with E-state index in [2.05, 4.69) is 5.32 Å². The van der Waals surface area contributed by atoms with Crippen LogP contribution >= 0.6 is 0 Å². The molecular formula is C16H14N4O6. The number of cyclic esters (lactones) is 1. The number of nitro groups is 2. The standard InChI is InChI=1S/C16H14N4O6/c21-16-18(7-8-26-16)15-9-12(19(22)23)5-6-13(15)17-10-11-3-1-2-4-14(11)20(24)25/h1-6,9,17H,7-8,10H2. The second kappa shape index (κ2) is 7.05. The first kappa shape index (κ1) is 17.1. The Morgan fingerprint density at radius 1 is 1.12 bits per heavy atom. The van der Waals surface area contributed by atoms with Gasteiger partial charge in [-0.3, -0.25) is 25.1 Å². The van der Waals surface area contributed by atoms with Crippen LogP contribution in [0.2, 0.25) is 0 Å². The van der Waals surface area contributed by atoms with Crippen molar-refractivity contribution in [3.05, 3.63) is 68.3 Å². The molecule has 0 saturated carbocycles. The lowest BCUT2D eigenvalue weighted by Gasteiger charge is -2.18. The predicted octanol–water partition coefficient (Wildman–Crippen LogP) is 3.07. The number of para-hydroxylation sites is 1. The summed E-state index contributed by atoms with van der Waals surface area (Å²) in [4.78, 5) is 34.2. The predicted molar refractivity (Wildman–Crippen MR) is 92.2 cm³/mol. The molecule has 26 heavy (non-hydrogen) atoms. The molecule has 10 nitrogen and oxygen atoms in total. The zero-order valence-corrected chi connectivity index (χ0v) is 13.5. The minimum Gasteiger partial charge on any atom is -0.447 e. The van der Waals surface area contributed by atoms with E-state index in [0.29, 0.717) is 16.9 Å². The minimum absolute atomic E-state index is 0.0379. The van der Waals surface area contributed by atoms with E-state index in [0.717, 1.165) is 0 Å². The van der Waals surface area contributed by atoms with Gasteiger partial charge in [-0.1, -0.05) is 18.2 Å². The van der Waals surface area contributed by atoms with Crippen LogP contribution in [0.25, 0.3) is 0 Å². The van der Waals surface area contributed by atoms with Crippen molar-refractivity contribution in [2.24, 2.45) is 0 Å². The molecule has 3 rings (SSSR count). The van der Waals surface area contributed by atoms with Gasteiger partial charge < -0.3 is 10.1 Å². The molecule has 1 saturated heterocycles.